The van der Waals surface area contributed by atoms with Crippen molar-refractivity contribution in [1.82, 2.24) is 0 Å². The van der Waals surface area contributed by atoms with Gasteiger partial charge in [-0.2, -0.15) is 0 Å². The molecule has 114 valence electrons. The monoisotopic (exact) mass is 287 g/mol. The summed E-state index contributed by atoms with van der Waals surface area (Å²) >= 11 is 0. The number of carbonyl (C=O) groups is 1. The number of ether oxygens (including phenoxy) is 1. The van der Waals surface area contributed by atoms with E-state index in [0.717, 1.165) is 18.4 Å². The molecule has 2 aliphatic rings. The van der Waals surface area contributed by atoms with E-state index >= 15 is 0 Å². The van der Waals surface area contributed by atoms with Gasteiger partial charge in [-0.3, -0.25) is 0 Å². The van der Waals surface area contributed by atoms with E-state index in [2.05, 4.69) is 20.8 Å². The van der Waals surface area contributed by atoms with Gasteiger partial charge in [-0.25, -0.2) is 4.79 Å². The maximum atomic E-state index is 12.5. The molecule has 0 saturated heterocycles. The molecule has 0 radical (unpaired) electrons. The van der Waals surface area contributed by atoms with Crippen LogP contribution in [0.3, 0.4) is 0 Å². The summed E-state index contributed by atoms with van der Waals surface area (Å²) in [6.07, 6.45) is 3.40. The highest BCUT2D eigenvalue weighted by Gasteiger charge is 2.62. The molecule has 3 rings (SSSR count). The van der Waals surface area contributed by atoms with E-state index < -0.39 is 0 Å². The van der Waals surface area contributed by atoms with Crippen molar-refractivity contribution in [2.24, 2.45) is 16.7 Å². The zero-order chi connectivity index (χ0) is 15.4. The molecule has 2 fully saturated rings. The van der Waals surface area contributed by atoms with Gasteiger partial charge in [-0.05, 0) is 49.7 Å². The molecule has 1 aromatic rings. The zero-order valence-corrected chi connectivity index (χ0v) is 13.4. The zero-order valence-electron chi connectivity index (χ0n) is 13.4. The first kappa shape index (κ1) is 14.4. The lowest BCUT2D eigenvalue weighted by atomic mass is 9.70. The van der Waals surface area contributed by atoms with Gasteiger partial charge in [0.2, 0.25) is 0 Å². The first-order valence-electron chi connectivity index (χ1n) is 7.83. The van der Waals surface area contributed by atoms with Crippen LogP contribution >= 0.6 is 0 Å². The minimum atomic E-state index is -0.272. The fraction of sp³-hybridized carbons (Fsp3) is 0.611. The van der Waals surface area contributed by atoms with Gasteiger partial charge in [0.15, 0.2) is 0 Å². The number of fused-ring (bicyclic) bond motifs is 2. The predicted octanol–water partition coefficient (Wildman–Crippen LogP) is 3.95. The lowest BCUT2D eigenvalue weighted by Gasteiger charge is -2.38. The van der Waals surface area contributed by atoms with Crippen LogP contribution in [0, 0.1) is 23.7 Å². The molecule has 0 aliphatic heterocycles. The highest BCUT2D eigenvalue weighted by molar-refractivity contribution is 5.95. The fourth-order valence-electron chi connectivity index (χ4n) is 4.35. The molecule has 3 atom stereocenters. The van der Waals surface area contributed by atoms with E-state index in [0.29, 0.717) is 17.2 Å². The summed E-state index contributed by atoms with van der Waals surface area (Å²) in [5, 5.41) is 0. The van der Waals surface area contributed by atoms with E-state index in [1.165, 1.54) is 6.42 Å². The van der Waals surface area contributed by atoms with E-state index in [9.17, 15) is 4.79 Å². The Balaban J connectivity index is 1.82. The number of hydrogen-bond donors (Lipinski definition) is 1. The molecule has 0 amide bonds. The number of anilines is 1. The Kier molecular flexibility index (Phi) is 3.09. The van der Waals surface area contributed by atoms with Gasteiger partial charge >= 0.3 is 5.97 Å². The van der Waals surface area contributed by atoms with Gasteiger partial charge in [0.05, 0.1) is 5.56 Å². The fourth-order valence-corrected chi connectivity index (χ4v) is 4.35. The second-order valence-corrected chi connectivity index (χ2v) is 7.60. The minimum absolute atomic E-state index is 0.0127. The van der Waals surface area contributed by atoms with Gasteiger partial charge in [0.1, 0.15) is 6.10 Å². The van der Waals surface area contributed by atoms with Crippen LogP contribution in [0.15, 0.2) is 18.2 Å². The third-order valence-corrected chi connectivity index (χ3v) is 6.39. The third kappa shape index (κ3) is 1.97. The Hall–Kier alpha value is -1.51. The number of esters is 1. The topological polar surface area (TPSA) is 52.3 Å². The van der Waals surface area contributed by atoms with Crippen molar-refractivity contribution in [1.29, 1.82) is 0 Å². The molecule has 2 aliphatic carbocycles. The molecule has 0 aromatic heterocycles. The van der Waals surface area contributed by atoms with Gasteiger partial charge in [-0.15, -0.1) is 0 Å². The smallest absolute Gasteiger partial charge is 0.340 e. The Bertz CT molecular complexity index is 593. The molecule has 0 heterocycles. The molecule has 0 spiro atoms. The van der Waals surface area contributed by atoms with E-state index in [4.69, 9.17) is 10.5 Å². The standard InChI is InChI=1S/C18H25NO2/c1-11-5-6-14(19)13(9-11)16(20)21-15-10-12-7-8-18(15,4)17(12,2)3/h5-6,9,12,15H,7-8,10,19H2,1-4H3. The number of benzene rings is 1. The van der Waals surface area contributed by atoms with Crippen molar-refractivity contribution in [3.05, 3.63) is 29.3 Å². The molecular weight excluding hydrogens is 262 g/mol. The van der Waals surface area contributed by atoms with Crippen molar-refractivity contribution in [3.8, 4) is 0 Å². The molecule has 21 heavy (non-hydrogen) atoms. The van der Waals surface area contributed by atoms with Crippen LogP contribution in [0.4, 0.5) is 5.69 Å². The molecule has 2 bridgehead atoms. The maximum absolute atomic E-state index is 12.5. The number of nitrogen functional groups attached to an aromatic ring is 1. The van der Waals surface area contributed by atoms with Gasteiger partial charge < -0.3 is 10.5 Å². The van der Waals surface area contributed by atoms with E-state index in [-0.39, 0.29) is 22.9 Å². The summed E-state index contributed by atoms with van der Waals surface area (Å²) in [5.74, 6) is 0.390. The van der Waals surface area contributed by atoms with Crippen LogP contribution in [-0.2, 0) is 4.74 Å². The first-order valence-corrected chi connectivity index (χ1v) is 7.83. The molecular formula is C18H25NO2. The highest BCUT2D eigenvalue weighted by atomic mass is 16.5. The van der Waals surface area contributed by atoms with Crippen molar-refractivity contribution in [2.45, 2.75) is 53.1 Å². The first-order chi connectivity index (χ1) is 9.75. The summed E-state index contributed by atoms with van der Waals surface area (Å²) in [6, 6.07) is 5.50. The van der Waals surface area contributed by atoms with Crippen LogP contribution in [0.25, 0.3) is 0 Å². The van der Waals surface area contributed by atoms with Crippen molar-refractivity contribution in [3.63, 3.8) is 0 Å². The highest BCUT2D eigenvalue weighted by Crippen LogP contribution is 2.66. The summed E-state index contributed by atoms with van der Waals surface area (Å²) in [7, 11) is 0. The molecule has 3 heteroatoms. The molecule has 2 saturated carbocycles. The molecule has 3 unspecified atom stereocenters. The molecule has 2 N–H and O–H groups in total. The minimum Gasteiger partial charge on any atom is -0.458 e. The summed E-state index contributed by atoms with van der Waals surface area (Å²) in [6.45, 7) is 8.87. The summed E-state index contributed by atoms with van der Waals surface area (Å²) in [5.41, 5.74) is 8.28. The van der Waals surface area contributed by atoms with Crippen molar-refractivity contribution < 1.29 is 9.53 Å². The number of rotatable bonds is 2. The maximum Gasteiger partial charge on any atom is 0.340 e. The summed E-state index contributed by atoms with van der Waals surface area (Å²) in [4.78, 5) is 12.5. The van der Waals surface area contributed by atoms with Gasteiger partial charge in [-0.1, -0.05) is 32.4 Å². The van der Waals surface area contributed by atoms with Crippen molar-refractivity contribution >= 4 is 11.7 Å². The predicted molar refractivity (Wildman–Crippen MR) is 84.0 cm³/mol. The Labute approximate surface area is 126 Å². The number of aryl methyl sites for hydroxylation is 1. The Morgan fingerprint density at radius 1 is 1.33 bits per heavy atom. The normalized spacial score (nSPS) is 33.1. The average molecular weight is 287 g/mol. The van der Waals surface area contributed by atoms with Crippen LogP contribution in [-0.4, -0.2) is 12.1 Å². The number of hydrogen-bond acceptors (Lipinski definition) is 3. The number of nitrogens with two attached hydrogens (primary N) is 1. The van der Waals surface area contributed by atoms with Crippen LogP contribution < -0.4 is 5.73 Å². The molecule has 3 nitrogen and oxygen atoms in total. The summed E-state index contributed by atoms with van der Waals surface area (Å²) < 4.78 is 5.89. The lowest BCUT2D eigenvalue weighted by molar-refractivity contribution is -0.0241. The van der Waals surface area contributed by atoms with E-state index in [1.54, 1.807) is 6.07 Å². The van der Waals surface area contributed by atoms with Gasteiger partial charge in [0.25, 0.3) is 0 Å². The van der Waals surface area contributed by atoms with Gasteiger partial charge in [0, 0.05) is 11.1 Å². The second-order valence-electron chi connectivity index (χ2n) is 7.60. The Morgan fingerprint density at radius 3 is 2.62 bits per heavy atom. The van der Waals surface area contributed by atoms with Crippen LogP contribution in [0.1, 0.15) is 56.0 Å². The molecule has 1 aromatic carbocycles. The van der Waals surface area contributed by atoms with E-state index in [1.807, 2.05) is 19.1 Å². The lowest BCUT2D eigenvalue weighted by Crippen LogP contribution is -2.38. The number of carbonyl (C=O) groups excluding carboxylic acids is 1. The SMILES string of the molecule is Cc1ccc(N)c(C(=O)OC2CC3CCC2(C)C3(C)C)c1. The average Bonchev–Trinajstić information content (AvgIpc) is 2.74. The quantitative estimate of drug-likeness (QED) is 0.662. The largest absolute Gasteiger partial charge is 0.458 e. The third-order valence-electron chi connectivity index (χ3n) is 6.39. The Morgan fingerprint density at radius 2 is 2.05 bits per heavy atom. The van der Waals surface area contributed by atoms with Crippen LogP contribution in [0.5, 0.6) is 0 Å². The second kappa shape index (κ2) is 4.49. The van der Waals surface area contributed by atoms with Crippen LogP contribution in [0.2, 0.25) is 0 Å². The van der Waals surface area contributed by atoms with Crippen molar-refractivity contribution in [2.75, 3.05) is 5.73 Å².